The summed E-state index contributed by atoms with van der Waals surface area (Å²) < 4.78 is 47.7. The van der Waals surface area contributed by atoms with Gasteiger partial charge in [0.1, 0.15) is 23.2 Å². The lowest BCUT2D eigenvalue weighted by molar-refractivity contribution is 0.414. The number of methoxy groups -OCH3 is 1. The number of anilines is 2. The van der Waals surface area contributed by atoms with Crippen LogP contribution in [0, 0.1) is 17.5 Å². The van der Waals surface area contributed by atoms with Crippen LogP contribution in [0.1, 0.15) is 11.1 Å². The van der Waals surface area contributed by atoms with E-state index in [1.54, 1.807) is 24.3 Å². The fraction of sp³-hybridized carbons (Fsp3) is 0.185. The minimum absolute atomic E-state index is 0.00693. The highest BCUT2D eigenvalue weighted by Gasteiger charge is 2.14. The summed E-state index contributed by atoms with van der Waals surface area (Å²) in [6.07, 6.45) is 0. The van der Waals surface area contributed by atoms with Crippen molar-refractivity contribution in [3.8, 4) is 5.75 Å². The molecule has 4 N–H and O–H groups in total. The van der Waals surface area contributed by atoms with Crippen LogP contribution in [0.25, 0.3) is 0 Å². The lowest BCUT2D eigenvalue weighted by Gasteiger charge is -2.16. The summed E-state index contributed by atoms with van der Waals surface area (Å²) in [6.45, 7) is 0.169. The van der Waals surface area contributed by atoms with Gasteiger partial charge in [0.25, 0.3) is 0 Å². The molecule has 3 aromatic carbocycles. The molecule has 0 unspecified atom stereocenters. The first-order valence-corrected chi connectivity index (χ1v) is 12.1. The molecule has 0 aliphatic rings. The van der Waals surface area contributed by atoms with Gasteiger partial charge in [-0.05, 0) is 47.5 Å². The van der Waals surface area contributed by atoms with E-state index in [-0.39, 0.29) is 43.8 Å². The molecule has 13 heteroatoms. The number of hydrogen-bond acceptors (Lipinski definition) is 6. The smallest absolute Gasteiger partial charge is 0.355 e. The second-order valence-electron chi connectivity index (χ2n) is 8.59. The van der Waals surface area contributed by atoms with E-state index in [2.05, 4.69) is 20.6 Å². The molecule has 0 aliphatic heterocycles. The molecule has 0 atom stereocenters. The lowest BCUT2D eigenvalue weighted by Crippen LogP contribution is -2.43. The van der Waals surface area contributed by atoms with E-state index in [4.69, 9.17) is 10.5 Å². The van der Waals surface area contributed by atoms with Crippen molar-refractivity contribution in [2.45, 2.75) is 13.1 Å². The number of guanidine groups is 1. The number of benzene rings is 3. The number of hydrogen-bond donors (Lipinski definition) is 3. The number of halogens is 3. The molecular formula is C27H26F3N7O3. The van der Waals surface area contributed by atoms with E-state index in [1.807, 2.05) is 0 Å². The van der Waals surface area contributed by atoms with Crippen LogP contribution in [-0.4, -0.2) is 40.3 Å². The number of nitrogens with one attached hydrogen (secondary N) is 2. The third kappa shape index (κ3) is 7.07. The van der Waals surface area contributed by atoms with Gasteiger partial charge in [0.2, 0.25) is 5.95 Å². The first kappa shape index (κ1) is 28.0. The number of nitrogens with zero attached hydrogens (tertiary/aromatic N) is 4. The second kappa shape index (κ2) is 12.7. The van der Waals surface area contributed by atoms with Gasteiger partial charge in [-0.25, -0.2) is 27.3 Å². The van der Waals surface area contributed by atoms with Crippen molar-refractivity contribution in [2.75, 3.05) is 30.8 Å². The van der Waals surface area contributed by atoms with Crippen LogP contribution in [0.3, 0.4) is 0 Å². The Kier molecular flexibility index (Phi) is 8.84. The molecule has 0 fully saturated rings. The number of aliphatic imine (C=N–C) groups is 1. The molecule has 4 rings (SSSR count). The fourth-order valence-electron chi connectivity index (χ4n) is 3.74. The molecule has 0 bridgehead atoms. The molecule has 0 saturated carbocycles. The highest BCUT2D eigenvalue weighted by Crippen LogP contribution is 2.15. The van der Waals surface area contributed by atoms with Crippen LogP contribution in [0.15, 0.2) is 81.3 Å². The zero-order chi connectivity index (χ0) is 28.6. The van der Waals surface area contributed by atoms with Crippen LogP contribution in [0.4, 0.5) is 24.8 Å². The Morgan fingerprint density at radius 2 is 1.55 bits per heavy atom. The average molecular weight is 554 g/mol. The van der Waals surface area contributed by atoms with Crippen LogP contribution in [0.5, 0.6) is 5.75 Å². The van der Waals surface area contributed by atoms with E-state index in [1.165, 1.54) is 42.0 Å². The van der Waals surface area contributed by atoms with Crippen LogP contribution in [0.2, 0.25) is 0 Å². The Morgan fingerprint density at radius 1 is 0.925 bits per heavy atom. The molecule has 0 saturated heterocycles. The van der Waals surface area contributed by atoms with E-state index in [0.717, 1.165) is 16.2 Å². The zero-order valence-electron chi connectivity index (χ0n) is 21.4. The first-order chi connectivity index (χ1) is 19.2. The molecule has 0 amide bonds. The summed E-state index contributed by atoms with van der Waals surface area (Å²) in [5.74, 6) is -1.47. The largest absolute Gasteiger partial charge is 0.497 e. The topological polar surface area (TPSA) is 129 Å². The highest BCUT2D eigenvalue weighted by molar-refractivity contribution is 5.92. The quantitative estimate of drug-likeness (QED) is 0.157. The molecule has 208 valence electrons. The van der Waals surface area contributed by atoms with Gasteiger partial charge in [-0.2, -0.15) is 4.98 Å². The molecule has 0 spiro atoms. The molecule has 1 aromatic heterocycles. The van der Waals surface area contributed by atoms with E-state index < -0.39 is 28.8 Å². The van der Waals surface area contributed by atoms with Crippen molar-refractivity contribution < 1.29 is 17.9 Å². The van der Waals surface area contributed by atoms with E-state index >= 15 is 0 Å². The average Bonchev–Trinajstić information content (AvgIpc) is 2.94. The number of rotatable bonds is 10. The highest BCUT2D eigenvalue weighted by atomic mass is 19.1. The maximum Gasteiger partial charge on any atom is 0.355 e. The van der Waals surface area contributed by atoms with E-state index in [0.29, 0.717) is 17.4 Å². The van der Waals surface area contributed by atoms with Gasteiger partial charge in [0, 0.05) is 12.6 Å². The Balaban J connectivity index is 1.55. The van der Waals surface area contributed by atoms with Gasteiger partial charge in [0.15, 0.2) is 5.96 Å². The Morgan fingerprint density at radius 3 is 2.20 bits per heavy atom. The van der Waals surface area contributed by atoms with Crippen molar-refractivity contribution in [3.05, 3.63) is 116 Å². The fourth-order valence-corrected chi connectivity index (χ4v) is 3.74. The molecule has 0 aliphatic carbocycles. The summed E-state index contributed by atoms with van der Waals surface area (Å²) in [6, 6.07) is 15.4. The predicted octanol–water partition coefficient (Wildman–Crippen LogP) is 2.77. The lowest BCUT2D eigenvalue weighted by atomic mass is 10.2. The van der Waals surface area contributed by atoms with Crippen molar-refractivity contribution in [2.24, 2.45) is 10.7 Å². The van der Waals surface area contributed by atoms with Crippen molar-refractivity contribution in [3.63, 3.8) is 0 Å². The van der Waals surface area contributed by atoms with Gasteiger partial charge in [0.05, 0.1) is 32.4 Å². The van der Waals surface area contributed by atoms with Crippen LogP contribution < -0.4 is 32.5 Å². The summed E-state index contributed by atoms with van der Waals surface area (Å²) in [5.41, 5.74) is 5.62. The Hall–Kier alpha value is -5.07. The van der Waals surface area contributed by atoms with Crippen molar-refractivity contribution in [1.29, 1.82) is 0 Å². The Labute approximate surface area is 226 Å². The molecule has 0 radical (unpaired) electrons. The minimum atomic E-state index is -0.829. The zero-order valence-corrected chi connectivity index (χ0v) is 21.4. The maximum atomic E-state index is 13.8. The SMILES string of the molecule is COc1ccc(Cn2c(NCCN=C(N)Nc3ccc(F)cc3F)nc(=O)n(Cc3ccc(F)cc3)c2=O)cc1. The van der Waals surface area contributed by atoms with Crippen molar-refractivity contribution in [1.82, 2.24) is 14.1 Å². The summed E-state index contributed by atoms with van der Waals surface area (Å²) >= 11 is 0. The minimum Gasteiger partial charge on any atom is -0.497 e. The second-order valence-corrected chi connectivity index (χ2v) is 8.59. The molecule has 40 heavy (non-hydrogen) atoms. The monoisotopic (exact) mass is 553 g/mol. The first-order valence-electron chi connectivity index (χ1n) is 12.1. The molecular weight excluding hydrogens is 527 g/mol. The summed E-state index contributed by atoms with van der Waals surface area (Å²) in [7, 11) is 1.54. The molecule has 1 heterocycles. The predicted molar refractivity (Wildman–Crippen MR) is 145 cm³/mol. The van der Waals surface area contributed by atoms with Gasteiger partial charge < -0.3 is 21.1 Å². The summed E-state index contributed by atoms with van der Waals surface area (Å²) in [4.78, 5) is 34.4. The number of nitrogens with two attached hydrogens (primary N) is 1. The molecule has 10 nitrogen and oxygen atoms in total. The normalized spacial score (nSPS) is 11.3. The van der Waals surface area contributed by atoms with Crippen molar-refractivity contribution >= 4 is 17.6 Å². The van der Waals surface area contributed by atoms with Crippen LogP contribution >= 0.6 is 0 Å². The standard InChI is InChI=1S/C27H26F3N7O3/c1-40-21-9-4-18(5-10-21)15-36-25(33-13-12-32-24(31)34-23-11-8-20(29)14-22(23)30)35-26(38)37(27(36)39)16-17-2-6-19(28)7-3-17/h2-11,14H,12-13,15-16H2,1H3,(H3,31,32,34)(H,33,35,38). The third-order valence-electron chi connectivity index (χ3n) is 5.77. The Bertz CT molecular complexity index is 1620. The number of ether oxygens (including phenoxy) is 1. The van der Waals surface area contributed by atoms with Gasteiger partial charge in [-0.3, -0.25) is 9.56 Å². The summed E-state index contributed by atoms with van der Waals surface area (Å²) in [5, 5.41) is 5.47. The van der Waals surface area contributed by atoms with Gasteiger partial charge in [-0.15, -0.1) is 0 Å². The van der Waals surface area contributed by atoms with Gasteiger partial charge in [-0.1, -0.05) is 24.3 Å². The molecule has 4 aromatic rings. The maximum absolute atomic E-state index is 13.8. The van der Waals surface area contributed by atoms with Gasteiger partial charge >= 0.3 is 11.4 Å². The van der Waals surface area contributed by atoms with E-state index in [9.17, 15) is 22.8 Å². The number of aromatic nitrogens is 3. The third-order valence-corrected chi connectivity index (χ3v) is 5.77. The van der Waals surface area contributed by atoms with Crippen LogP contribution in [-0.2, 0) is 13.1 Å².